The molecule has 0 aliphatic carbocycles. The summed E-state index contributed by atoms with van der Waals surface area (Å²) in [6, 6.07) is 1.32. The van der Waals surface area contributed by atoms with Crippen LogP contribution in [0.2, 0.25) is 0 Å². The first-order valence-corrected chi connectivity index (χ1v) is 6.30. The van der Waals surface area contributed by atoms with Gasteiger partial charge in [-0.05, 0) is 46.6 Å². The summed E-state index contributed by atoms with van der Waals surface area (Å²) in [5, 5.41) is 7.06. The van der Waals surface area contributed by atoms with Crippen LogP contribution in [0.4, 0.5) is 0 Å². The Morgan fingerprint density at radius 2 is 2.27 bits per heavy atom. The van der Waals surface area contributed by atoms with Crippen LogP contribution < -0.4 is 10.6 Å². The highest BCUT2D eigenvalue weighted by Crippen LogP contribution is 2.10. The van der Waals surface area contributed by atoms with Gasteiger partial charge in [0.2, 0.25) is 0 Å². The highest BCUT2D eigenvalue weighted by molar-refractivity contribution is 4.78. The summed E-state index contributed by atoms with van der Waals surface area (Å²) < 4.78 is 5.48. The smallest absolute Gasteiger partial charge is 0.0671 e. The Kier molecular flexibility index (Phi) is 6.22. The van der Waals surface area contributed by atoms with E-state index in [0.29, 0.717) is 12.1 Å². The summed E-state index contributed by atoms with van der Waals surface area (Å²) in [6.07, 6.45) is 4.24. The van der Waals surface area contributed by atoms with Crippen molar-refractivity contribution in [2.45, 2.75) is 58.2 Å². The highest BCUT2D eigenvalue weighted by Gasteiger charge is 2.16. The summed E-state index contributed by atoms with van der Waals surface area (Å²) in [5.74, 6) is 0. The lowest BCUT2D eigenvalue weighted by atomic mass is 10.1. The number of ether oxygens (including phenoxy) is 1. The van der Waals surface area contributed by atoms with Crippen LogP contribution in [0.25, 0.3) is 0 Å². The van der Waals surface area contributed by atoms with E-state index >= 15 is 0 Å². The van der Waals surface area contributed by atoms with Crippen molar-refractivity contribution in [3.05, 3.63) is 0 Å². The zero-order chi connectivity index (χ0) is 11.1. The van der Waals surface area contributed by atoms with E-state index in [0.717, 1.165) is 19.2 Å². The van der Waals surface area contributed by atoms with Crippen LogP contribution in [0, 0.1) is 0 Å². The molecule has 0 bridgehead atoms. The number of hydrogen-bond donors (Lipinski definition) is 2. The molecule has 90 valence electrons. The monoisotopic (exact) mass is 214 g/mol. The van der Waals surface area contributed by atoms with Gasteiger partial charge in [-0.1, -0.05) is 0 Å². The molecule has 3 atom stereocenters. The summed E-state index contributed by atoms with van der Waals surface area (Å²) >= 11 is 0. The van der Waals surface area contributed by atoms with Crippen molar-refractivity contribution in [2.24, 2.45) is 0 Å². The van der Waals surface area contributed by atoms with Gasteiger partial charge in [0.15, 0.2) is 0 Å². The van der Waals surface area contributed by atoms with Gasteiger partial charge in [-0.25, -0.2) is 0 Å². The first kappa shape index (κ1) is 12.9. The van der Waals surface area contributed by atoms with Gasteiger partial charge in [-0.15, -0.1) is 0 Å². The second-order valence-corrected chi connectivity index (χ2v) is 4.60. The molecule has 3 unspecified atom stereocenters. The quantitative estimate of drug-likeness (QED) is 0.674. The van der Waals surface area contributed by atoms with Crippen LogP contribution in [-0.2, 0) is 4.74 Å². The van der Waals surface area contributed by atoms with Crippen molar-refractivity contribution < 1.29 is 4.74 Å². The molecule has 2 N–H and O–H groups in total. The van der Waals surface area contributed by atoms with E-state index in [1.165, 1.54) is 25.8 Å². The minimum atomic E-state index is 0.328. The fraction of sp³-hybridized carbons (Fsp3) is 1.00. The first-order valence-electron chi connectivity index (χ1n) is 6.30. The van der Waals surface area contributed by atoms with Gasteiger partial charge >= 0.3 is 0 Å². The molecular formula is C12H26N2O. The topological polar surface area (TPSA) is 33.3 Å². The normalized spacial score (nSPS) is 25.4. The average molecular weight is 214 g/mol. The van der Waals surface area contributed by atoms with Gasteiger partial charge in [0.05, 0.1) is 6.10 Å². The summed E-state index contributed by atoms with van der Waals surface area (Å²) in [5.41, 5.74) is 0. The minimum absolute atomic E-state index is 0.328. The van der Waals surface area contributed by atoms with Gasteiger partial charge in [0.25, 0.3) is 0 Å². The molecule has 1 fully saturated rings. The Hall–Kier alpha value is -0.120. The van der Waals surface area contributed by atoms with Crippen molar-refractivity contribution in [3.63, 3.8) is 0 Å². The Morgan fingerprint density at radius 3 is 2.87 bits per heavy atom. The van der Waals surface area contributed by atoms with Crippen molar-refractivity contribution in [3.8, 4) is 0 Å². The maximum absolute atomic E-state index is 5.48. The van der Waals surface area contributed by atoms with E-state index in [9.17, 15) is 0 Å². The van der Waals surface area contributed by atoms with Gasteiger partial charge < -0.3 is 15.4 Å². The SMILES string of the molecule is CCOC(C)CNC(C)CC1CCCN1. The molecule has 0 saturated carbocycles. The molecule has 0 aromatic rings. The molecule has 3 heteroatoms. The molecule has 0 radical (unpaired) electrons. The van der Waals surface area contributed by atoms with E-state index in [4.69, 9.17) is 4.74 Å². The summed E-state index contributed by atoms with van der Waals surface area (Å²) in [7, 11) is 0. The molecule has 3 nitrogen and oxygen atoms in total. The van der Waals surface area contributed by atoms with Crippen molar-refractivity contribution in [2.75, 3.05) is 19.7 Å². The lowest BCUT2D eigenvalue weighted by molar-refractivity contribution is 0.0739. The maximum atomic E-state index is 5.48. The third kappa shape index (κ3) is 5.50. The highest BCUT2D eigenvalue weighted by atomic mass is 16.5. The van der Waals surface area contributed by atoms with Crippen LogP contribution in [0.1, 0.15) is 40.0 Å². The minimum Gasteiger partial charge on any atom is -0.377 e. The van der Waals surface area contributed by atoms with Crippen LogP contribution in [0.5, 0.6) is 0 Å². The fourth-order valence-corrected chi connectivity index (χ4v) is 2.18. The van der Waals surface area contributed by atoms with E-state index < -0.39 is 0 Å². The number of nitrogens with one attached hydrogen (secondary N) is 2. The molecule has 1 heterocycles. The Morgan fingerprint density at radius 1 is 1.47 bits per heavy atom. The fourth-order valence-electron chi connectivity index (χ4n) is 2.18. The Bertz CT molecular complexity index is 158. The lowest BCUT2D eigenvalue weighted by Crippen LogP contribution is -2.37. The molecule has 15 heavy (non-hydrogen) atoms. The molecule has 0 spiro atoms. The molecule has 1 rings (SSSR count). The number of hydrogen-bond acceptors (Lipinski definition) is 3. The van der Waals surface area contributed by atoms with Crippen molar-refractivity contribution in [1.29, 1.82) is 0 Å². The molecule has 1 aliphatic rings. The van der Waals surface area contributed by atoms with Crippen molar-refractivity contribution in [1.82, 2.24) is 10.6 Å². The molecule has 0 amide bonds. The van der Waals surface area contributed by atoms with E-state index in [2.05, 4.69) is 24.5 Å². The second kappa shape index (κ2) is 7.20. The predicted octanol–water partition coefficient (Wildman–Crippen LogP) is 1.53. The van der Waals surface area contributed by atoms with Gasteiger partial charge in [0.1, 0.15) is 0 Å². The van der Waals surface area contributed by atoms with Crippen LogP contribution in [0.15, 0.2) is 0 Å². The third-order valence-corrected chi connectivity index (χ3v) is 3.01. The second-order valence-electron chi connectivity index (χ2n) is 4.60. The molecule has 0 aromatic heterocycles. The zero-order valence-corrected chi connectivity index (χ0v) is 10.4. The van der Waals surface area contributed by atoms with E-state index in [1.54, 1.807) is 0 Å². The van der Waals surface area contributed by atoms with Crippen LogP contribution in [0.3, 0.4) is 0 Å². The van der Waals surface area contributed by atoms with Gasteiger partial charge in [0, 0.05) is 25.2 Å². The van der Waals surface area contributed by atoms with E-state index in [-0.39, 0.29) is 0 Å². The van der Waals surface area contributed by atoms with Gasteiger partial charge in [-0.3, -0.25) is 0 Å². The first-order chi connectivity index (χ1) is 7.22. The lowest BCUT2D eigenvalue weighted by Gasteiger charge is -2.20. The maximum Gasteiger partial charge on any atom is 0.0671 e. The van der Waals surface area contributed by atoms with Crippen LogP contribution in [-0.4, -0.2) is 37.9 Å². The number of rotatable bonds is 7. The average Bonchev–Trinajstić information content (AvgIpc) is 2.68. The largest absolute Gasteiger partial charge is 0.377 e. The molecule has 1 aliphatic heterocycles. The Labute approximate surface area is 94.0 Å². The zero-order valence-electron chi connectivity index (χ0n) is 10.4. The molecular weight excluding hydrogens is 188 g/mol. The van der Waals surface area contributed by atoms with Gasteiger partial charge in [-0.2, -0.15) is 0 Å². The van der Waals surface area contributed by atoms with Crippen molar-refractivity contribution >= 4 is 0 Å². The standard InChI is InChI=1S/C12H26N2O/c1-4-15-11(3)9-14-10(2)8-12-6-5-7-13-12/h10-14H,4-9H2,1-3H3. The molecule has 1 saturated heterocycles. The summed E-state index contributed by atoms with van der Waals surface area (Å²) in [4.78, 5) is 0. The third-order valence-electron chi connectivity index (χ3n) is 3.01. The summed E-state index contributed by atoms with van der Waals surface area (Å²) in [6.45, 7) is 9.40. The Balaban J connectivity index is 2.04. The predicted molar refractivity (Wildman–Crippen MR) is 64.2 cm³/mol. The van der Waals surface area contributed by atoms with Crippen LogP contribution >= 0.6 is 0 Å². The van der Waals surface area contributed by atoms with E-state index in [1.807, 2.05) is 6.92 Å². The molecule has 0 aromatic carbocycles.